The van der Waals surface area contributed by atoms with Crippen molar-refractivity contribution < 1.29 is 4.74 Å². The van der Waals surface area contributed by atoms with Crippen LogP contribution in [0.15, 0.2) is 0 Å². The van der Waals surface area contributed by atoms with E-state index >= 15 is 0 Å². The van der Waals surface area contributed by atoms with Crippen molar-refractivity contribution in [2.24, 2.45) is 5.92 Å². The fourth-order valence-electron chi connectivity index (χ4n) is 2.07. The molecule has 0 saturated heterocycles. The van der Waals surface area contributed by atoms with E-state index in [1.807, 2.05) is 13.8 Å². The van der Waals surface area contributed by atoms with Gasteiger partial charge in [-0.25, -0.2) is 9.97 Å². The topological polar surface area (TPSA) is 47.0 Å². The van der Waals surface area contributed by atoms with E-state index in [1.165, 1.54) is 5.56 Å². The van der Waals surface area contributed by atoms with Crippen molar-refractivity contribution in [1.82, 2.24) is 15.3 Å². The molecule has 0 atom stereocenters. The first-order chi connectivity index (χ1) is 9.27. The van der Waals surface area contributed by atoms with Gasteiger partial charge in [-0.3, -0.25) is 0 Å². The average molecular weight is 279 g/mol. The number of methoxy groups -OCH3 is 1. The minimum atomic E-state index is -0.441. The smallest absolute Gasteiger partial charge is 0.160 e. The third-order valence-electron chi connectivity index (χ3n) is 3.57. The van der Waals surface area contributed by atoms with Gasteiger partial charge in [-0.2, -0.15) is 0 Å². The van der Waals surface area contributed by atoms with Crippen molar-refractivity contribution in [3.63, 3.8) is 0 Å². The van der Waals surface area contributed by atoms with Crippen LogP contribution < -0.4 is 5.32 Å². The second-order valence-corrected chi connectivity index (χ2v) is 6.26. The van der Waals surface area contributed by atoms with E-state index in [0.29, 0.717) is 5.92 Å². The van der Waals surface area contributed by atoms with Gasteiger partial charge in [0.2, 0.25) is 0 Å². The van der Waals surface area contributed by atoms with E-state index in [0.717, 1.165) is 36.7 Å². The Bertz CT molecular complexity index is 418. The highest BCUT2D eigenvalue weighted by atomic mass is 16.5. The van der Waals surface area contributed by atoms with Gasteiger partial charge in [-0.15, -0.1) is 0 Å². The Labute approximate surface area is 123 Å². The Morgan fingerprint density at radius 2 is 1.70 bits per heavy atom. The fraction of sp³-hybridized carbons (Fsp3) is 0.750. The molecule has 0 unspecified atom stereocenters. The molecular formula is C16H29N3O. The van der Waals surface area contributed by atoms with E-state index in [1.54, 1.807) is 7.11 Å². The molecule has 0 fully saturated rings. The van der Waals surface area contributed by atoms with Crippen molar-refractivity contribution in [2.45, 2.75) is 53.6 Å². The summed E-state index contributed by atoms with van der Waals surface area (Å²) in [7, 11) is 1.69. The number of hydrogen-bond donors (Lipinski definition) is 1. The SMILES string of the molecule is COC(C)(C)c1nc(C)c(CCNCC(C)C)c(C)n1. The molecule has 0 aliphatic rings. The van der Waals surface area contributed by atoms with Crippen LogP contribution in [0.3, 0.4) is 0 Å². The monoisotopic (exact) mass is 279 g/mol. The Morgan fingerprint density at radius 3 is 2.15 bits per heavy atom. The van der Waals surface area contributed by atoms with Gasteiger partial charge in [0.1, 0.15) is 5.60 Å². The molecule has 0 aromatic carbocycles. The van der Waals surface area contributed by atoms with Crippen LogP contribution in [0.1, 0.15) is 50.5 Å². The third kappa shape index (κ3) is 4.53. The van der Waals surface area contributed by atoms with Gasteiger partial charge >= 0.3 is 0 Å². The normalized spacial score (nSPS) is 12.2. The lowest BCUT2D eigenvalue weighted by atomic mass is 10.1. The van der Waals surface area contributed by atoms with Crippen molar-refractivity contribution in [3.05, 3.63) is 22.8 Å². The summed E-state index contributed by atoms with van der Waals surface area (Å²) in [5.41, 5.74) is 2.93. The Hall–Kier alpha value is -1.00. The maximum Gasteiger partial charge on any atom is 0.160 e. The summed E-state index contributed by atoms with van der Waals surface area (Å²) < 4.78 is 5.46. The first-order valence-corrected chi connectivity index (χ1v) is 7.38. The number of nitrogens with zero attached hydrogens (tertiary/aromatic N) is 2. The van der Waals surface area contributed by atoms with Crippen LogP contribution >= 0.6 is 0 Å². The highest BCUT2D eigenvalue weighted by Gasteiger charge is 2.24. The van der Waals surface area contributed by atoms with E-state index in [9.17, 15) is 0 Å². The lowest BCUT2D eigenvalue weighted by molar-refractivity contribution is 0.0111. The molecule has 0 aliphatic carbocycles. The molecule has 0 radical (unpaired) electrons. The molecule has 0 bridgehead atoms. The van der Waals surface area contributed by atoms with E-state index < -0.39 is 5.60 Å². The molecule has 1 aromatic rings. The molecule has 0 saturated carbocycles. The second kappa shape index (κ2) is 7.14. The van der Waals surface area contributed by atoms with Crippen molar-refractivity contribution >= 4 is 0 Å². The molecule has 0 amide bonds. The predicted molar refractivity (Wildman–Crippen MR) is 83.0 cm³/mol. The molecule has 0 spiro atoms. The van der Waals surface area contributed by atoms with Crippen molar-refractivity contribution in [1.29, 1.82) is 0 Å². The van der Waals surface area contributed by atoms with Gasteiger partial charge in [0.15, 0.2) is 5.82 Å². The lowest BCUT2D eigenvalue weighted by Gasteiger charge is -2.23. The van der Waals surface area contributed by atoms with Crippen molar-refractivity contribution in [3.8, 4) is 0 Å². The summed E-state index contributed by atoms with van der Waals surface area (Å²) in [5, 5.41) is 3.46. The molecule has 114 valence electrons. The highest BCUT2D eigenvalue weighted by molar-refractivity contribution is 5.25. The number of aryl methyl sites for hydroxylation is 2. The molecule has 0 aliphatic heterocycles. The summed E-state index contributed by atoms with van der Waals surface area (Å²) in [5.74, 6) is 1.44. The van der Waals surface area contributed by atoms with E-state index in [-0.39, 0.29) is 0 Å². The Morgan fingerprint density at radius 1 is 1.15 bits per heavy atom. The van der Waals surface area contributed by atoms with Crippen LogP contribution in [0.25, 0.3) is 0 Å². The largest absolute Gasteiger partial charge is 0.371 e. The number of hydrogen-bond acceptors (Lipinski definition) is 4. The van der Waals surface area contributed by atoms with Gasteiger partial charge < -0.3 is 10.1 Å². The quantitative estimate of drug-likeness (QED) is 0.780. The molecule has 1 heterocycles. The molecule has 4 heteroatoms. The first kappa shape index (κ1) is 17.1. The number of nitrogens with one attached hydrogen (secondary N) is 1. The fourth-order valence-corrected chi connectivity index (χ4v) is 2.07. The van der Waals surface area contributed by atoms with Crippen LogP contribution in [0.5, 0.6) is 0 Å². The predicted octanol–water partition coefficient (Wildman–Crippen LogP) is 2.76. The second-order valence-electron chi connectivity index (χ2n) is 6.26. The van der Waals surface area contributed by atoms with Crippen LogP contribution in [-0.4, -0.2) is 30.2 Å². The van der Waals surface area contributed by atoms with Gasteiger partial charge in [-0.1, -0.05) is 13.8 Å². The summed E-state index contributed by atoms with van der Waals surface area (Å²) in [4.78, 5) is 9.25. The summed E-state index contributed by atoms with van der Waals surface area (Å²) in [6, 6.07) is 0. The Kier molecular flexibility index (Phi) is 6.08. The zero-order valence-corrected chi connectivity index (χ0v) is 14.0. The van der Waals surface area contributed by atoms with Gasteiger partial charge in [0.25, 0.3) is 0 Å². The van der Waals surface area contributed by atoms with Gasteiger partial charge in [0, 0.05) is 18.5 Å². The van der Waals surface area contributed by atoms with Crippen LogP contribution in [-0.2, 0) is 16.8 Å². The molecule has 20 heavy (non-hydrogen) atoms. The van der Waals surface area contributed by atoms with Gasteiger partial charge in [0.05, 0.1) is 0 Å². The zero-order valence-electron chi connectivity index (χ0n) is 14.0. The third-order valence-corrected chi connectivity index (χ3v) is 3.57. The minimum absolute atomic E-state index is 0.441. The maximum atomic E-state index is 5.46. The number of rotatable bonds is 7. The first-order valence-electron chi connectivity index (χ1n) is 7.38. The van der Waals surface area contributed by atoms with Crippen LogP contribution in [0.2, 0.25) is 0 Å². The summed E-state index contributed by atoms with van der Waals surface area (Å²) in [6.07, 6.45) is 0.970. The molecule has 1 N–H and O–H groups in total. The Balaban J connectivity index is 2.79. The molecular weight excluding hydrogens is 250 g/mol. The number of ether oxygens (including phenoxy) is 1. The van der Waals surface area contributed by atoms with Crippen LogP contribution in [0.4, 0.5) is 0 Å². The maximum absolute atomic E-state index is 5.46. The lowest BCUT2D eigenvalue weighted by Crippen LogP contribution is -2.26. The minimum Gasteiger partial charge on any atom is -0.371 e. The zero-order chi connectivity index (χ0) is 15.3. The molecule has 1 rings (SSSR count). The average Bonchev–Trinajstić information content (AvgIpc) is 2.36. The summed E-state index contributed by atoms with van der Waals surface area (Å²) in [6.45, 7) is 14.5. The number of aromatic nitrogens is 2. The van der Waals surface area contributed by atoms with Crippen LogP contribution in [0, 0.1) is 19.8 Å². The van der Waals surface area contributed by atoms with E-state index in [4.69, 9.17) is 4.74 Å². The summed E-state index contributed by atoms with van der Waals surface area (Å²) >= 11 is 0. The van der Waals surface area contributed by atoms with E-state index in [2.05, 4.69) is 43.0 Å². The highest BCUT2D eigenvalue weighted by Crippen LogP contribution is 2.22. The standard InChI is InChI=1S/C16H29N3O/c1-11(2)10-17-9-8-14-12(3)18-15(19-13(14)4)16(5,6)20-7/h11,17H,8-10H2,1-7H3. The van der Waals surface area contributed by atoms with Crippen molar-refractivity contribution in [2.75, 3.05) is 20.2 Å². The van der Waals surface area contributed by atoms with Gasteiger partial charge in [-0.05, 0) is 58.7 Å². The molecule has 4 nitrogen and oxygen atoms in total. The molecule has 1 aromatic heterocycles.